The van der Waals surface area contributed by atoms with E-state index in [4.69, 9.17) is 0 Å². The Balaban J connectivity index is 1.02. The predicted octanol–water partition coefficient (Wildman–Crippen LogP) is 15.1. The van der Waals surface area contributed by atoms with Gasteiger partial charge in [0.15, 0.2) is 0 Å². The number of hydrogen-bond acceptors (Lipinski definition) is 4. The Labute approximate surface area is 322 Å². The van der Waals surface area contributed by atoms with Crippen molar-refractivity contribution in [2.45, 2.75) is 22.6 Å². The largest absolute Gasteiger partial charge is 0.310 e. The van der Waals surface area contributed by atoms with E-state index in [9.17, 15) is 0 Å². The molecule has 2 nitrogen and oxygen atoms in total. The molecule has 12 rings (SSSR count). The van der Waals surface area contributed by atoms with Crippen LogP contribution in [0.1, 0.15) is 29.5 Å². The summed E-state index contributed by atoms with van der Waals surface area (Å²) in [5, 5.41) is 5.40. The molecule has 0 saturated heterocycles. The second kappa shape index (κ2) is 11.7. The molecule has 0 fully saturated rings. The lowest BCUT2D eigenvalue weighted by Gasteiger charge is -2.29. The smallest absolute Gasteiger partial charge is 0.0534 e. The molecule has 0 unspecified atom stereocenters. The number of allylic oxidation sites excluding steroid dienone is 4. The number of benzene rings is 7. The van der Waals surface area contributed by atoms with Gasteiger partial charge in [0.25, 0.3) is 0 Å². The van der Waals surface area contributed by atoms with Crippen molar-refractivity contribution in [3.05, 3.63) is 180 Å². The molecule has 4 aliphatic rings. The first kappa shape index (κ1) is 30.4. The Kier molecular flexibility index (Phi) is 6.59. The van der Waals surface area contributed by atoms with Gasteiger partial charge in [0.1, 0.15) is 0 Å². The summed E-state index contributed by atoms with van der Waals surface area (Å²) in [6, 6.07) is 49.8. The highest BCUT2D eigenvalue weighted by molar-refractivity contribution is 7.99. The third kappa shape index (κ3) is 4.48. The molecule has 0 saturated carbocycles. The maximum atomic E-state index is 2.47. The average molecular weight is 725 g/mol. The van der Waals surface area contributed by atoms with E-state index in [1.165, 1.54) is 108 Å². The van der Waals surface area contributed by atoms with E-state index in [1.807, 2.05) is 23.1 Å². The fourth-order valence-electron chi connectivity index (χ4n) is 8.95. The van der Waals surface area contributed by atoms with Crippen LogP contribution in [0.5, 0.6) is 0 Å². The molecule has 54 heavy (non-hydrogen) atoms. The van der Waals surface area contributed by atoms with Crippen molar-refractivity contribution >= 4 is 101 Å². The van der Waals surface area contributed by atoms with Crippen LogP contribution in [0, 0.1) is 0 Å². The van der Waals surface area contributed by atoms with Crippen molar-refractivity contribution in [3.8, 4) is 11.1 Å². The Hall–Kier alpha value is -6.07. The molecule has 4 heteroatoms. The van der Waals surface area contributed by atoms with Gasteiger partial charge in [-0.25, -0.2) is 0 Å². The molecule has 7 aromatic carbocycles. The Bertz CT molecular complexity index is 3000. The number of hydrogen-bond donors (Lipinski definition) is 0. The zero-order valence-electron chi connectivity index (χ0n) is 29.3. The van der Waals surface area contributed by atoms with Crippen molar-refractivity contribution in [2.24, 2.45) is 0 Å². The van der Waals surface area contributed by atoms with Crippen molar-refractivity contribution in [3.63, 3.8) is 0 Å². The van der Waals surface area contributed by atoms with Crippen LogP contribution in [-0.2, 0) is 0 Å². The van der Waals surface area contributed by atoms with Crippen LogP contribution in [0.4, 0.5) is 28.4 Å². The highest BCUT2D eigenvalue weighted by Crippen LogP contribution is 2.54. The molecule has 3 aliphatic heterocycles. The first-order valence-corrected chi connectivity index (χ1v) is 20.3. The van der Waals surface area contributed by atoms with E-state index in [1.54, 1.807) is 0 Å². The van der Waals surface area contributed by atoms with Gasteiger partial charge in [0.2, 0.25) is 0 Å². The molecule has 0 bridgehead atoms. The molecule has 4 heterocycles. The number of fused-ring (bicyclic) bond motifs is 9. The average Bonchev–Trinajstić information content (AvgIpc) is 3.38. The van der Waals surface area contributed by atoms with Crippen molar-refractivity contribution < 1.29 is 0 Å². The normalized spacial score (nSPS) is 15.2. The zero-order chi connectivity index (χ0) is 35.3. The molecule has 1 aliphatic carbocycles. The SMILES string of the molecule is C1=CC2=C(C=Cc3ccccc3N2c2ccc3c(c2)sc2cc4c5c(cccc5c23)Sc2cc(N3c5ccccc5C=Cc5ccccc53)ccc2-4)CC1. The summed E-state index contributed by atoms with van der Waals surface area (Å²) in [4.78, 5) is 7.51. The molecule has 0 atom stereocenters. The minimum Gasteiger partial charge on any atom is -0.310 e. The second-order valence-corrected chi connectivity index (χ2v) is 16.6. The van der Waals surface area contributed by atoms with Crippen LogP contribution in [0.3, 0.4) is 0 Å². The van der Waals surface area contributed by atoms with Gasteiger partial charge >= 0.3 is 0 Å². The number of rotatable bonds is 2. The molecule has 0 N–H and O–H groups in total. The molecular formula is C50H32N2S2. The van der Waals surface area contributed by atoms with E-state index in [-0.39, 0.29) is 0 Å². The van der Waals surface area contributed by atoms with Gasteiger partial charge in [0, 0.05) is 52.4 Å². The third-order valence-corrected chi connectivity index (χ3v) is 13.6. The van der Waals surface area contributed by atoms with E-state index in [0.29, 0.717) is 0 Å². The minimum absolute atomic E-state index is 1.06. The molecule has 8 aromatic rings. The van der Waals surface area contributed by atoms with Crippen molar-refractivity contribution in [1.29, 1.82) is 0 Å². The molecular weight excluding hydrogens is 693 g/mol. The minimum atomic E-state index is 1.06. The maximum absolute atomic E-state index is 2.47. The monoisotopic (exact) mass is 724 g/mol. The quantitative estimate of drug-likeness (QED) is 0.175. The summed E-state index contributed by atoms with van der Waals surface area (Å²) < 4.78 is 2.65. The van der Waals surface area contributed by atoms with Crippen LogP contribution in [0.25, 0.3) is 60.3 Å². The van der Waals surface area contributed by atoms with E-state index in [0.717, 1.165) is 12.8 Å². The summed E-state index contributed by atoms with van der Waals surface area (Å²) in [7, 11) is 0. The highest BCUT2D eigenvalue weighted by atomic mass is 32.2. The van der Waals surface area contributed by atoms with Crippen LogP contribution < -0.4 is 9.80 Å². The fourth-order valence-corrected chi connectivity index (χ4v) is 11.3. The summed E-state index contributed by atoms with van der Waals surface area (Å²) in [5.41, 5.74) is 15.0. The lowest BCUT2D eigenvalue weighted by molar-refractivity contribution is 0.955. The van der Waals surface area contributed by atoms with Gasteiger partial charge in [-0.1, -0.05) is 121 Å². The molecule has 0 radical (unpaired) electrons. The van der Waals surface area contributed by atoms with Gasteiger partial charge < -0.3 is 9.80 Å². The third-order valence-electron chi connectivity index (χ3n) is 11.4. The summed E-state index contributed by atoms with van der Waals surface area (Å²) in [6.45, 7) is 0. The first-order valence-electron chi connectivity index (χ1n) is 18.6. The Morgan fingerprint density at radius 3 is 1.93 bits per heavy atom. The van der Waals surface area contributed by atoms with E-state index in [2.05, 4.69) is 180 Å². The fraction of sp³-hybridized carbons (Fsp3) is 0.0400. The van der Waals surface area contributed by atoms with Crippen molar-refractivity contribution in [1.82, 2.24) is 0 Å². The lowest BCUT2D eigenvalue weighted by atomic mass is 9.94. The van der Waals surface area contributed by atoms with Gasteiger partial charge in [0.05, 0.1) is 17.1 Å². The predicted molar refractivity (Wildman–Crippen MR) is 233 cm³/mol. The lowest BCUT2D eigenvalue weighted by Crippen LogP contribution is -2.18. The molecule has 0 amide bonds. The van der Waals surface area contributed by atoms with Gasteiger partial charge in [-0.05, 0) is 112 Å². The number of anilines is 5. The number of para-hydroxylation sites is 3. The van der Waals surface area contributed by atoms with Crippen LogP contribution >= 0.6 is 23.1 Å². The van der Waals surface area contributed by atoms with Crippen LogP contribution in [-0.4, -0.2) is 0 Å². The van der Waals surface area contributed by atoms with Gasteiger partial charge in [-0.2, -0.15) is 0 Å². The molecule has 0 spiro atoms. The van der Waals surface area contributed by atoms with Crippen LogP contribution in [0.15, 0.2) is 173 Å². The Morgan fingerprint density at radius 2 is 1.15 bits per heavy atom. The molecule has 254 valence electrons. The van der Waals surface area contributed by atoms with Gasteiger partial charge in [-0.15, -0.1) is 11.3 Å². The summed E-state index contributed by atoms with van der Waals surface area (Å²) in [6.07, 6.45) is 15.9. The number of nitrogens with zero attached hydrogens (tertiary/aromatic N) is 2. The second-order valence-electron chi connectivity index (χ2n) is 14.4. The van der Waals surface area contributed by atoms with E-state index < -0.39 is 0 Å². The van der Waals surface area contributed by atoms with Gasteiger partial charge in [-0.3, -0.25) is 0 Å². The topological polar surface area (TPSA) is 6.48 Å². The first-order chi connectivity index (χ1) is 26.8. The highest BCUT2D eigenvalue weighted by Gasteiger charge is 2.27. The maximum Gasteiger partial charge on any atom is 0.0534 e. The molecule has 1 aromatic heterocycles. The Morgan fingerprint density at radius 1 is 0.463 bits per heavy atom. The van der Waals surface area contributed by atoms with Crippen LogP contribution in [0.2, 0.25) is 0 Å². The van der Waals surface area contributed by atoms with E-state index >= 15 is 0 Å². The summed E-state index contributed by atoms with van der Waals surface area (Å²) in [5.74, 6) is 0. The summed E-state index contributed by atoms with van der Waals surface area (Å²) >= 11 is 3.82. The standard InChI is InChI=1S/C50H32N2S2/c1-5-15-41-31(10-1)20-21-32-11-2-6-16-42(32)51(41)35-24-26-37-40-30-48-49(39-14-9-19-45(50(39)40)53-46(37)28-35)38-27-25-36(29-47(38)54-48)52-43-17-7-3-12-33(43)22-23-34-13-4-8-18-44(34)52/h1-3,5-12,14-30H,4,13H2. The number of thiophene rings is 1. The van der Waals surface area contributed by atoms with Crippen molar-refractivity contribution in [2.75, 3.05) is 9.80 Å². The zero-order valence-corrected chi connectivity index (χ0v) is 30.9.